The van der Waals surface area contributed by atoms with Crippen LogP contribution in [-0.2, 0) is 4.79 Å². The second-order valence-electron chi connectivity index (χ2n) is 2.62. The molecule has 13 heavy (non-hydrogen) atoms. The second kappa shape index (κ2) is 3.09. The summed E-state index contributed by atoms with van der Waals surface area (Å²) in [4.78, 5) is 17.7. The van der Waals surface area contributed by atoms with Crippen molar-refractivity contribution in [2.45, 2.75) is 6.92 Å². The molecule has 0 aliphatic rings. The minimum atomic E-state index is 0.472. The first-order valence-electron chi connectivity index (χ1n) is 3.75. The van der Waals surface area contributed by atoms with Gasteiger partial charge in [0.25, 0.3) is 0 Å². The molecule has 1 aromatic carbocycles. The van der Waals surface area contributed by atoms with Crippen molar-refractivity contribution in [3.05, 3.63) is 23.8 Å². The summed E-state index contributed by atoms with van der Waals surface area (Å²) in [6, 6.07) is 5.91. The highest BCUT2D eigenvalue weighted by molar-refractivity contribution is 7.22. The van der Waals surface area contributed by atoms with Gasteiger partial charge in [0, 0.05) is 0 Å². The third-order valence-corrected chi connectivity index (χ3v) is 2.67. The molecule has 0 bridgehead atoms. The maximum Gasteiger partial charge on any atom is 0.242 e. The van der Waals surface area contributed by atoms with Crippen molar-refractivity contribution in [2.75, 3.05) is 0 Å². The maximum atomic E-state index is 10.0. The van der Waals surface area contributed by atoms with Crippen LogP contribution in [0.15, 0.2) is 23.2 Å². The van der Waals surface area contributed by atoms with Crippen molar-refractivity contribution in [1.29, 1.82) is 0 Å². The molecule has 1 aromatic heterocycles. The fraction of sp³-hybridized carbons (Fsp3) is 0.111. The van der Waals surface area contributed by atoms with Crippen molar-refractivity contribution < 1.29 is 4.79 Å². The minimum Gasteiger partial charge on any atom is -0.217 e. The molecule has 0 radical (unpaired) electrons. The number of hydrogen-bond donors (Lipinski definition) is 0. The molecule has 0 unspecified atom stereocenters. The van der Waals surface area contributed by atoms with E-state index in [1.807, 2.05) is 25.1 Å². The Kier molecular flexibility index (Phi) is 1.93. The van der Waals surface area contributed by atoms with Gasteiger partial charge in [-0.2, -0.15) is 0 Å². The van der Waals surface area contributed by atoms with E-state index in [0.29, 0.717) is 5.13 Å². The predicted octanol–water partition coefficient (Wildman–Crippen LogP) is 2.57. The van der Waals surface area contributed by atoms with Gasteiger partial charge in [0.1, 0.15) is 0 Å². The van der Waals surface area contributed by atoms with Crippen LogP contribution >= 0.6 is 11.3 Å². The Morgan fingerprint density at radius 1 is 1.54 bits per heavy atom. The van der Waals surface area contributed by atoms with Crippen LogP contribution in [-0.4, -0.2) is 11.1 Å². The SMILES string of the molecule is Cc1cccc2sc(N=C=O)nc12. The summed E-state index contributed by atoms with van der Waals surface area (Å²) < 4.78 is 1.05. The van der Waals surface area contributed by atoms with E-state index in [2.05, 4.69) is 9.98 Å². The lowest BCUT2D eigenvalue weighted by atomic mass is 10.2. The molecular formula is C9H6N2OS. The summed E-state index contributed by atoms with van der Waals surface area (Å²) in [5.74, 6) is 0. The van der Waals surface area contributed by atoms with Gasteiger partial charge in [-0.3, -0.25) is 0 Å². The van der Waals surface area contributed by atoms with Crippen LogP contribution in [0, 0.1) is 6.92 Å². The van der Waals surface area contributed by atoms with Crippen molar-refractivity contribution >= 4 is 32.8 Å². The summed E-state index contributed by atoms with van der Waals surface area (Å²) in [6.45, 7) is 1.98. The summed E-state index contributed by atoms with van der Waals surface area (Å²) in [5.41, 5.74) is 2.02. The zero-order valence-electron chi connectivity index (χ0n) is 6.94. The number of rotatable bonds is 1. The molecule has 3 nitrogen and oxygen atoms in total. The van der Waals surface area contributed by atoms with Gasteiger partial charge in [-0.15, -0.1) is 4.99 Å². The van der Waals surface area contributed by atoms with Gasteiger partial charge >= 0.3 is 0 Å². The first kappa shape index (κ1) is 8.10. The standard InChI is InChI=1S/C9H6N2OS/c1-6-3-2-4-7-8(6)11-9(13-7)10-5-12/h2-4H,1H3. The monoisotopic (exact) mass is 190 g/mol. The van der Waals surface area contributed by atoms with Crippen LogP contribution in [0.4, 0.5) is 5.13 Å². The largest absolute Gasteiger partial charge is 0.242 e. The summed E-state index contributed by atoms with van der Waals surface area (Å²) >= 11 is 1.40. The molecule has 2 rings (SSSR count). The average molecular weight is 190 g/mol. The molecule has 1 heterocycles. The Labute approximate surface area is 78.8 Å². The van der Waals surface area contributed by atoms with Crippen molar-refractivity contribution in [3.8, 4) is 0 Å². The lowest BCUT2D eigenvalue weighted by molar-refractivity contribution is 0.565. The molecule has 4 heteroatoms. The number of hydrogen-bond acceptors (Lipinski definition) is 4. The second-order valence-corrected chi connectivity index (χ2v) is 3.63. The third kappa shape index (κ3) is 1.37. The highest BCUT2D eigenvalue weighted by Gasteiger charge is 2.03. The topological polar surface area (TPSA) is 42.3 Å². The maximum absolute atomic E-state index is 10.0. The lowest BCUT2D eigenvalue weighted by Crippen LogP contribution is -1.73. The van der Waals surface area contributed by atoms with Crippen molar-refractivity contribution in [1.82, 2.24) is 4.98 Å². The van der Waals surface area contributed by atoms with Crippen LogP contribution in [0.1, 0.15) is 5.56 Å². The smallest absolute Gasteiger partial charge is 0.217 e. The van der Waals surface area contributed by atoms with E-state index in [4.69, 9.17) is 0 Å². The van der Waals surface area contributed by atoms with E-state index in [0.717, 1.165) is 15.8 Å². The van der Waals surface area contributed by atoms with Gasteiger partial charge in [0.2, 0.25) is 11.2 Å². The molecule has 0 saturated heterocycles. The number of isocyanates is 1. The van der Waals surface area contributed by atoms with Crippen LogP contribution in [0.3, 0.4) is 0 Å². The third-order valence-electron chi connectivity index (χ3n) is 1.75. The molecule has 0 fully saturated rings. The lowest BCUT2D eigenvalue weighted by Gasteiger charge is -1.89. The zero-order chi connectivity index (χ0) is 9.26. The molecule has 64 valence electrons. The Bertz CT molecular complexity index is 497. The summed E-state index contributed by atoms with van der Waals surface area (Å²) in [5, 5.41) is 0.472. The van der Waals surface area contributed by atoms with Crippen LogP contribution in [0.25, 0.3) is 10.2 Å². The number of carbonyl (C=O) groups excluding carboxylic acids is 1. The van der Waals surface area contributed by atoms with Gasteiger partial charge in [0.05, 0.1) is 10.2 Å². The Morgan fingerprint density at radius 3 is 3.08 bits per heavy atom. The first-order chi connectivity index (χ1) is 6.31. The van der Waals surface area contributed by atoms with E-state index < -0.39 is 0 Å². The van der Waals surface area contributed by atoms with E-state index in [1.165, 1.54) is 17.4 Å². The normalized spacial score (nSPS) is 9.92. The van der Waals surface area contributed by atoms with Crippen molar-refractivity contribution in [3.63, 3.8) is 0 Å². The quantitative estimate of drug-likeness (QED) is 0.512. The molecule has 0 saturated carbocycles. The van der Waals surface area contributed by atoms with Gasteiger partial charge < -0.3 is 0 Å². The molecular weight excluding hydrogens is 184 g/mol. The average Bonchev–Trinajstić information content (AvgIpc) is 2.49. The number of benzene rings is 1. The van der Waals surface area contributed by atoms with Crippen LogP contribution in [0.2, 0.25) is 0 Å². The highest BCUT2D eigenvalue weighted by Crippen LogP contribution is 2.29. The Hall–Kier alpha value is -1.51. The zero-order valence-corrected chi connectivity index (χ0v) is 7.76. The number of aliphatic imine (C=N–C) groups is 1. The number of para-hydroxylation sites is 1. The molecule has 0 N–H and O–H groups in total. The minimum absolute atomic E-state index is 0.472. The number of fused-ring (bicyclic) bond motifs is 1. The predicted molar refractivity (Wildman–Crippen MR) is 52.1 cm³/mol. The van der Waals surface area contributed by atoms with Gasteiger partial charge in [0.15, 0.2) is 0 Å². The number of nitrogens with zero attached hydrogens (tertiary/aromatic N) is 2. The molecule has 0 aliphatic heterocycles. The fourth-order valence-corrected chi connectivity index (χ4v) is 2.03. The first-order valence-corrected chi connectivity index (χ1v) is 4.57. The van der Waals surface area contributed by atoms with E-state index in [1.54, 1.807) is 0 Å². The molecule has 0 atom stereocenters. The summed E-state index contributed by atoms with van der Waals surface area (Å²) in [6.07, 6.45) is 1.49. The van der Waals surface area contributed by atoms with Gasteiger partial charge in [-0.1, -0.05) is 23.5 Å². The molecule has 0 aliphatic carbocycles. The van der Waals surface area contributed by atoms with Gasteiger partial charge in [-0.25, -0.2) is 9.78 Å². The van der Waals surface area contributed by atoms with Crippen LogP contribution in [0.5, 0.6) is 0 Å². The number of aromatic nitrogens is 1. The highest BCUT2D eigenvalue weighted by atomic mass is 32.1. The van der Waals surface area contributed by atoms with E-state index >= 15 is 0 Å². The Balaban J connectivity index is 2.75. The Morgan fingerprint density at radius 2 is 2.38 bits per heavy atom. The number of thiazole rings is 1. The van der Waals surface area contributed by atoms with Crippen molar-refractivity contribution in [2.24, 2.45) is 4.99 Å². The van der Waals surface area contributed by atoms with E-state index in [9.17, 15) is 4.79 Å². The summed E-state index contributed by atoms with van der Waals surface area (Å²) in [7, 11) is 0. The molecule has 2 aromatic rings. The van der Waals surface area contributed by atoms with Gasteiger partial charge in [-0.05, 0) is 18.6 Å². The fourth-order valence-electron chi connectivity index (χ4n) is 1.16. The molecule has 0 spiro atoms. The van der Waals surface area contributed by atoms with Crippen LogP contribution < -0.4 is 0 Å². The van der Waals surface area contributed by atoms with E-state index in [-0.39, 0.29) is 0 Å². The number of aryl methyl sites for hydroxylation is 1. The molecule has 0 amide bonds.